The largest absolute Gasteiger partial charge is 0.368 e. The van der Waals surface area contributed by atoms with E-state index < -0.39 is 30.7 Å². The third-order valence-corrected chi connectivity index (χ3v) is 7.03. The Morgan fingerprint density at radius 1 is 0.703 bits per heavy atom. The van der Waals surface area contributed by atoms with E-state index in [1.54, 1.807) is 14.0 Å². The fourth-order valence-corrected chi connectivity index (χ4v) is 4.94. The van der Waals surface area contributed by atoms with Crippen LogP contribution in [0.3, 0.4) is 0 Å². The Balaban J connectivity index is 1.60. The molecule has 1 heterocycles. The van der Waals surface area contributed by atoms with Gasteiger partial charge in [0.1, 0.15) is 18.3 Å². The molecule has 0 aromatic heterocycles. The Hall–Kier alpha value is -2.52. The summed E-state index contributed by atoms with van der Waals surface area (Å²) in [5, 5.41) is 0.0172. The zero-order valence-electron chi connectivity index (χ0n) is 21.2. The lowest BCUT2D eigenvalue weighted by Gasteiger charge is -2.45. The van der Waals surface area contributed by atoms with E-state index >= 15 is 0 Å². The number of hydrogen-bond donors (Lipinski definition) is 0. The van der Waals surface area contributed by atoms with Crippen molar-refractivity contribution in [2.45, 2.75) is 57.5 Å². The summed E-state index contributed by atoms with van der Waals surface area (Å²) >= 11 is 1.21. The van der Waals surface area contributed by atoms with Crippen LogP contribution < -0.4 is 0 Å². The van der Waals surface area contributed by atoms with Gasteiger partial charge in [0, 0.05) is 19.8 Å². The van der Waals surface area contributed by atoms with E-state index in [4.69, 9.17) is 23.7 Å². The Morgan fingerprint density at radius 2 is 1.14 bits per heavy atom. The maximum absolute atomic E-state index is 11.8. The van der Waals surface area contributed by atoms with Crippen LogP contribution >= 0.6 is 11.8 Å². The van der Waals surface area contributed by atoms with Crippen molar-refractivity contribution in [2.24, 2.45) is 0 Å². The van der Waals surface area contributed by atoms with Crippen molar-refractivity contribution in [2.75, 3.05) is 12.9 Å². The van der Waals surface area contributed by atoms with Crippen molar-refractivity contribution < 1.29 is 28.5 Å². The third-order valence-electron chi connectivity index (χ3n) is 6.13. The lowest BCUT2D eigenvalue weighted by molar-refractivity contribution is -0.313. The summed E-state index contributed by atoms with van der Waals surface area (Å²) in [6.45, 7) is 2.68. The Morgan fingerprint density at radius 3 is 1.57 bits per heavy atom. The highest BCUT2D eigenvalue weighted by Gasteiger charge is 2.48. The molecular formula is C30H34O6S. The summed E-state index contributed by atoms with van der Waals surface area (Å²) < 4.78 is 31.5. The van der Waals surface area contributed by atoms with Crippen LogP contribution in [-0.2, 0) is 48.3 Å². The van der Waals surface area contributed by atoms with Gasteiger partial charge in [0.05, 0.1) is 25.9 Å². The predicted octanol–water partition coefficient (Wildman–Crippen LogP) is 5.39. The van der Waals surface area contributed by atoms with Crippen LogP contribution in [0.15, 0.2) is 91.0 Å². The molecule has 3 aromatic rings. The summed E-state index contributed by atoms with van der Waals surface area (Å²) in [7, 11) is 1.60. The fourth-order valence-electron chi connectivity index (χ4n) is 4.27. The molecule has 1 aliphatic heterocycles. The quantitative estimate of drug-likeness (QED) is 0.316. The lowest BCUT2D eigenvalue weighted by Crippen LogP contribution is -2.61. The second kappa shape index (κ2) is 14.4. The monoisotopic (exact) mass is 522 g/mol. The molecule has 1 fully saturated rings. The molecule has 1 saturated heterocycles. The van der Waals surface area contributed by atoms with E-state index in [-0.39, 0.29) is 5.12 Å². The molecule has 0 unspecified atom stereocenters. The molecule has 3 aromatic carbocycles. The predicted molar refractivity (Wildman–Crippen MR) is 144 cm³/mol. The number of methoxy groups -OCH3 is 1. The van der Waals surface area contributed by atoms with Crippen molar-refractivity contribution in [1.29, 1.82) is 0 Å². The van der Waals surface area contributed by atoms with Crippen LogP contribution in [0.25, 0.3) is 0 Å². The molecular weight excluding hydrogens is 488 g/mol. The first kappa shape index (κ1) is 27.5. The first-order chi connectivity index (χ1) is 18.1. The van der Waals surface area contributed by atoms with E-state index in [0.29, 0.717) is 25.6 Å². The summed E-state index contributed by atoms with van der Waals surface area (Å²) in [6, 6.07) is 29.9. The average molecular weight is 523 g/mol. The number of thioether (sulfide) groups is 1. The molecule has 6 nitrogen and oxygen atoms in total. The number of benzene rings is 3. The van der Waals surface area contributed by atoms with Gasteiger partial charge in [-0.2, -0.15) is 0 Å². The van der Waals surface area contributed by atoms with Crippen LogP contribution in [0.5, 0.6) is 0 Å². The van der Waals surface area contributed by atoms with E-state index in [0.717, 1.165) is 16.7 Å². The first-order valence-corrected chi connectivity index (χ1v) is 13.4. The molecule has 196 valence electrons. The van der Waals surface area contributed by atoms with Gasteiger partial charge in [-0.15, -0.1) is 0 Å². The van der Waals surface area contributed by atoms with E-state index in [1.165, 1.54) is 11.8 Å². The second-order valence-corrected chi connectivity index (χ2v) is 10.1. The van der Waals surface area contributed by atoms with Crippen molar-refractivity contribution >= 4 is 16.9 Å². The number of rotatable bonds is 12. The van der Waals surface area contributed by atoms with Gasteiger partial charge in [0.25, 0.3) is 0 Å². The smallest absolute Gasteiger partial charge is 0.186 e. The summed E-state index contributed by atoms with van der Waals surface area (Å²) in [5.74, 6) is 0.422. The van der Waals surface area contributed by atoms with Gasteiger partial charge >= 0.3 is 0 Å². The molecule has 0 N–H and O–H groups in total. The standard InChI is InChI=1S/C30H34O6S/c1-22(31)37-21-26-27(33-18-23-12-6-3-7-13-23)28(34-19-24-14-8-4-9-15-24)29(30(32-2)36-26)35-20-25-16-10-5-11-17-25/h3-17,26-30H,18-21H2,1-2H3/t26-,27+,28+,29-,30+/m1/s1. The Bertz CT molecular complexity index is 1070. The van der Waals surface area contributed by atoms with Gasteiger partial charge in [0.2, 0.25) is 0 Å². The summed E-state index contributed by atoms with van der Waals surface area (Å²) in [6.07, 6.45) is -2.64. The molecule has 1 aliphatic rings. The molecule has 0 radical (unpaired) electrons. The number of hydrogen-bond acceptors (Lipinski definition) is 7. The zero-order chi connectivity index (χ0) is 25.9. The van der Waals surface area contributed by atoms with Crippen molar-refractivity contribution in [3.8, 4) is 0 Å². The van der Waals surface area contributed by atoms with Crippen LogP contribution in [-0.4, -0.2) is 48.7 Å². The third kappa shape index (κ3) is 8.23. The Kier molecular flexibility index (Phi) is 10.7. The van der Waals surface area contributed by atoms with Crippen LogP contribution in [0.1, 0.15) is 23.6 Å². The zero-order valence-corrected chi connectivity index (χ0v) is 22.0. The van der Waals surface area contributed by atoms with E-state index in [9.17, 15) is 4.79 Å². The maximum Gasteiger partial charge on any atom is 0.186 e. The molecule has 0 spiro atoms. The highest BCUT2D eigenvalue weighted by atomic mass is 32.2. The van der Waals surface area contributed by atoms with Crippen LogP contribution in [0.4, 0.5) is 0 Å². The van der Waals surface area contributed by atoms with Crippen LogP contribution in [0, 0.1) is 0 Å². The maximum atomic E-state index is 11.8. The molecule has 0 amide bonds. The molecule has 37 heavy (non-hydrogen) atoms. The summed E-state index contributed by atoms with van der Waals surface area (Å²) in [5.41, 5.74) is 3.12. The topological polar surface area (TPSA) is 63.2 Å². The molecule has 0 saturated carbocycles. The molecule has 7 heteroatoms. The Labute approximate surface area is 223 Å². The normalized spacial score (nSPS) is 23.6. The van der Waals surface area contributed by atoms with Gasteiger partial charge in [0.15, 0.2) is 11.4 Å². The fraction of sp³-hybridized carbons (Fsp3) is 0.367. The van der Waals surface area contributed by atoms with Crippen molar-refractivity contribution in [3.63, 3.8) is 0 Å². The molecule has 4 rings (SSSR count). The van der Waals surface area contributed by atoms with Gasteiger partial charge < -0.3 is 23.7 Å². The highest BCUT2D eigenvalue weighted by Crippen LogP contribution is 2.32. The van der Waals surface area contributed by atoms with Gasteiger partial charge in [-0.1, -0.05) is 103 Å². The summed E-state index contributed by atoms with van der Waals surface area (Å²) in [4.78, 5) is 11.8. The van der Waals surface area contributed by atoms with Crippen molar-refractivity contribution in [1.82, 2.24) is 0 Å². The van der Waals surface area contributed by atoms with Crippen LogP contribution in [0.2, 0.25) is 0 Å². The number of carbonyl (C=O) groups excluding carboxylic acids is 1. The van der Waals surface area contributed by atoms with Gasteiger partial charge in [-0.3, -0.25) is 4.79 Å². The van der Waals surface area contributed by atoms with Crippen molar-refractivity contribution in [3.05, 3.63) is 108 Å². The second-order valence-electron chi connectivity index (χ2n) is 8.86. The first-order valence-electron chi connectivity index (χ1n) is 12.4. The molecule has 5 atom stereocenters. The molecule has 0 bridgehead atoms. The van der Waals surface area contributed by atoms with E-state index in [1.807, 2.05) is 91.0 Å². The minimum atomic E-state index is -0.682. The minimum Gasteiger partial charge on any atom is -0.368 e. The minimum absolute atomic E-state index is 0.0172. The number of carbonyl (C=O) groups is 1. The highest BCUT2D eigenvalue weighted by molar-refractivity contribution is 8.13. The SMILES string of the molecule is CO[C@H]1O[C@H](CSC(C)=O)[C@H](OCc2ccccc2)[C@H](OCc2ccccc2)[C@H]1OCc1ccccc1. The number of ether oxygens (including phenoxy) is 5. The van der Waals surface area contributed by atoms with Gasteiger partial charge in [-0.05, 0) is 16.7 Å². The van der Waals surface area contributed by atoms with E-state index in [2.05, 4.69) is 0 Å². The van der Waals surface area contributed by atoms with Gasteiger partial charge in [-0.25, -0.2) is 0 Å². The lowest BCUT2D eigenvalue weighted by atomic mass is 9.98. The average Bonchev–Trinajstić information content (AvgIpc) is 2.94. The molecule has 0 aliphatic carbocycles.